The molecule has 1 saturated carbocycles. The third-order valence-electron chi connectivity index (χ3n) is 3.04. The van der Waals surface area contributed by atoms with Crippen LogP contribution in [0.25, 0.3) is 0 Å². The van der Waals surface area contributed by atoms with E-state index in [4.69, 9.17) is 0 Å². The van der Waals surface area contributed by atoms with Crippen LogP contribution in [-0.2, 0) is 4.79 Å². The molecule has 2 nitrogen and oxygen atoms in total. The van der Waals surface area contributed by atoms with Crippen LogP contribution in [0, 0.1) is 5.82 Å². The van der Waals surface area contributed by atoms with Crippen molar-refractivity contribution in [3.63, 3.8) is 0 Å². The van der Waals surface area contributed by atoms with E-state index in [1.807, 2.05) is 0 Å². The first-order chi connectivity index (χ1) is 8.66. The zero-order valence-corrected chi connectivity index (χ0v) is 11.6. The number of hydrogen-bond acceptors (Lipinski definition) is 2. The number of carbonyl (C=O) groups excluding carboxylic acids is 1. The van der Waals surface area contributed by atoms with Gasteiger partial charge in [-0.1, -0.05) is 22.4 Å². The van der Waals surface area contributed by atoms with Gasteiger partial charge in [0.05, 0.1) is 5.69 Å². The molecular weight excluding hydrogens is 297 g/mol. The van der Waals surface area contributed by atoms with E-state index in [0.717, 1.165) is 31.3 Å². The number of benzene rings is 1. The predicted molar refractivity (Wildman–Crippen MR) is 73.9 cm³/mol. The number of carbonyl (C=O) groups is 1. The van der Waals surface area contributed by atoms with Gasteiger partial charge in [-0.25, -0.2) is 4.39 Å². The van der Waals surface area contributed by atoms with Crippen LogP contribution in [-0.4, -0.2) is 5.78 Å². The maximum atomic E-state index is 13.6. The molecule has 0 radical (unpaired) electrons. The summed E-state index contributed by atoms with van der Waals surface area (Å²) in [5, 5.41) is 2.89. The molecule has 1 aromatic rings. The third-order valence-corrected chi connectivity index (χ3v) is 3.53. The van der Waals surface area contributed by atoms with Gasteiger partial charge in [0, 0.05) is 22.7 Å². The largest absolute Gasteiger partial charge is 0.359 e. The quantitative estimate of drug-likeness (QED) is 0.647. The summed E-state index contributed by atoms with van der Waals surface area (Å²) in [4.78, 5) is 11.8. The minimum atomic E-state index is -0.331. The Hall–Kier alpha value is -1.16. The molecule has 1 aliphatic carbocycles. The van der Waals surface area contributed by atoms with Crippen LogP contribution in [0.3, 0.4) is 0 Å². The molecule has 0 saturated heterocycles. The Morgan fingerprint density at radius 3 is 2.78 bits per heavy atom. The van der Waals surface area contributed by atoms with Crippen LogP contribution in [0.4, 0.5) is 10.1 Å². The Morgan fingerprint density at radius 1 is 1.22 bits per heavy atom. The van der Waals surface area contributed by atoms with Crippen molar-refractivity contribution in [3.05, 3.63) is 40.3 Å². The summed E-state index contributed by atoms with van der Waals surface area (Å²) in [6, 6.07) is 4.81. The van der Waals surface area contributed by atoms with Crippen LogP contribution < -0.4 is 5.32 Å². The number of ketones is 1. The van der Waals surface area contributed by atoms with Gasteiger partial charge in [-0.15, -0.1) is 0 Å². The second-order valence-corrected chi connectivity index (χ2v) is 5.34. The topological polar surface area (TPSA) is 29.1 Å². The minimum absolute atomic E-state index is 0.178. The molecule has 0 atom stereocenters. The lowest BCUT2D eigenvalue weighted by molar-refractivity contribution is -0.115. The van der Waals surface area contributed by atoms with Crippen LogP contribution in [0.1, 0.15) is 32.1 Å². The van der Waals surface area contributed by atoms with Gasteiger partial charge in [-0.2, -0.15) is 0 Å². The lowest BCUT2D eigenvalue weighted by atomic mass is 10.1. The molecule has 0 spiro atoms. The van der Waals surface area contributed by atoms with Gasteiger partial charge in [0.2, 0.25) is 0 Å². The van der Waals surface area contributed by atoms with E-state index in [9.17, 15) is 9.18 Å². The molecule has 1 aliphatic rings. The standard InChI is InChI=1S/C14H15BrFNO/c15-11-6-7-13(12(16)8-11)17-9-10-4-2-1-3-5-14(10)18/h6-9,17H,1-5H2. The second kappa shape index (κ2) is 6.14. The Balaban J connectivity index is 2.11. The lowest BCUT2D eigenvalue weighted by Crippen LogP contribution is -2.03. The zero-order valence-electron chi connectivity index (χ0n) is 10.0. The number of rotatable bonds is 2. The molecule has 0 unspecified atom stereocenters. The van der Waals surface area contributed by atoms with Gasteiger partial charge < -0.3 is 5.32 Å². The molecule has 0 aromatic heterocycles. The fraction of sp³-hybridized carbons (Fsp3) is 0.357. The van der Waals surface area contributed by atoms with Crippen LogP contribution in [0.15, 0.2) is 34.4 Å². The summed E-state index contributed by atoms with van der Waals surface area (Å²) in [5.74, 6) is -0.153. The summed E-state index contributed by atoms with van der Waals surface area (Å²) in [5.41, 5.74) is 1.16. The molecule has 96 valence electrons. The highest BCUT2D eigenvalue weighted by Crippen LogP contribution is 2.22. The Labute approximate surface area is 114 Å². The highest BCUT2D eigenvalue weighted by molar-refractivity contribution is 9.10. The summed E-state index contributed by atoms with van der Waals surface area (Å²) in [7, 11) is 0. The van der Waals surface area contributed by atoms with E-state index in [1.165, 1.54) is 6.07 Å². The predicted octanol–water partition coefficient (Wildman–Crippen LogP) is 4.42. The summed E-state index contributed by atoms with van der Waals surface area (Å²) >= 11 is 3.21. The number of halogens is 2. The van der Waals surface area contributed by atoms with Crippen molar-refractivity contribution >= 4 is 27.4 Å². The van der Waals surface area contributed by atoms with Crippen molar-refractivity contribution in [2.75, 3.05) is 5.32 Å². The Kier molecular flexibility index (Phi) is 4.53. The molecule has 2 rings (SSSR count). The first-order valence-corrected chi connectivity index (χ1v) is 6.90. The van der Waals surface area contributed by atoms with Crippen molar-refractivity contribution in [1.82, 2.24) is 0 Å². The molecule has 0 bridgehead atoms. The molecule has 1 N–H and O–H groups in total. The fourth-order valence-electron chi connectivity index (χ4n) is 2.00. The van der Waals surface area contributed by atoms with Gasteiger partial charge in [0.15, 0.2) is 5.78 Å². The molecule has 18 heavy (non-hydrogen) atoms. The summed E-state index contributed by atoms with van der Waals surface area (Å²) in [6.07, 6.45) is 6.13. The number of Topliss-reactive ketones (excluding diaryl/α,β-unsaturated/α-hetero) is 1. The molecule has 0 aliphatic heterocycles. The van der Waals surface area contributed by atoms with Crippen molar-refractivity contribution in [2.24, 2.45) is 0 Å². The highest BCUT2D eigenvalue weighted by atomic mass is 79.9. The molecule has 0 heterocycles. The first-order valence-electron chi connectivity index (χ1n) is 6.10. The van der Waals surface area contributed by atoms with E-state index in [1.54, 1.807) is 18.3 Å². The number of anilines is 1. The van der Waals surface area contributed by atoms with Crippen molar-refractivity contribution in [1.29, 1.82) is 0 Å². The summed E-state index contributed by atoms with van der Waals surface area (Å²) < 4.78 is 14.3. The highest BCUT2D eigenvalue weighted by Gasteiger charge is 2.13. The van der Waals surface area contributed by atoms with E-state index in [2.05, 4.69) is 21.2 Å². The lowest BCUT2D eigenvalue weighted by Gasteiger charge is -2.06. The van der Waals surface area contributed by atoms with Gasteiger partial charge in [-0.3, -0.25) is 4.79 Å². The summed E-state index contributed by atoms with van der Waals surface area (Å²) in [6.45, 7) is 0. The number of hydrogen-bond donors (Lipinski definition) is 1. The Bertz CT molecular complexity index is 485. The average molecular weight is 312 g/mol. The van der Waals surface area contributed by atoms with Gasteiger partial charge in [0.25, 0.3) is 0 Å². The van der Waals surface area contributed by atoms with E-state index in [0.29, 0.717) is 16.6 Å². The normalized spacial score (nSPS) is 18.8. The van der Waals surface area contributed by atoms with E-state index < -0.39 is 0 Å². The van der Waals surface area contributed by atoms with E-state index >= 15 is 0 Å². The smallest absolute Gasteiger partial charge is 0.160 e. The van der Waals surface area contributed by atoms with Crippen molar-refractivity contribution in [2.45, 2.75) is 32.1 Å². The zero-order chi connectivity index (χ0) is 13.0. The monoisotopic (exact) mass is 311 g/mol. The third kappa shape index (κ3) is 3.42. The second-order valence-electron chi connectivity index (χ2n) is 4.42. The van der Waals surface area contributed by atoms with Crippen LogP contribution in [0.5, 0.6) is 0 Å². The van der Waals surface area contributed by atoms with Crippen LogP contribution in [0.2, 0.25) is 0 Å². The SMILES string of the molecule is O=C1CCCCCC1=CNc1ccc(Br)cc1F. The minimum Gasteiger partial charge on any atom is -0.359 e. The van der Waals surface area contributed by atoms with Crippen molar-refractivity contribution < 1.29 is 9.18 Å². The maximum Gasteiger partial charge on any atom is 0.160 e. The van der Waals surface area contributed by atoms with Gasteiger partial charge >= 0.3 is 0 Å². The first kappa shape index (κ1) is 13.3. The van der Waals surface area contributed by atoms with Crippen molar-refractivity contribution in [3.8, 4) is 0 Å². The molecule has 4 heteroatoms. The Morgan fingerprint density at radius 2 is 2.00 bits per heavy atom. The van der Waals surface area contributed by atoms with E-state index in [-0.39, 0.29) is 11.6 Å². The average Bonchev–Trinajstić information content (AvgIpc) is 2.53. The molecule has 1 aromatic carbocycles. The number of nitrogens with one attached hydrogen (secondary N) is 1. The van der Waals surface area contributed by atoms with Gasteiger partial charge in [0.1, 0.15) is 5.82 Å². The molecular formula is C14H15BrFNO. The fourth-order valence-corrected chi connectivity index (χ4v) is 2.33. The molecule has 0 amide bonds. The maximum absolute atomic E-state index is 13.6. The van der Waals surface area contributed by atoms with Gasteiger partial charge in [-0.05, 0) is 37.5 Å². The number of allylic oxidation sites excluding steroid dienone is 1. The van der Waals surface area contributed by atoms with Crippen LogP contribution >= 0.6 is 15.9 Å². The molecule has 1 fully saturated rings.